The predicted molar refractivity (Wildman–Crippen MR) is 84.4 cm³/mol. The smallest absolute Gasteiger partial charge is 0.233 e. The second-order valence-electron chi connectivity index (χ2n) is 4.75. The van der Waals surface area contributed by atoms with Crippen LogP contribution < -0.4 is 14.8 Å². The Morgan fingerprint density at radius 3 is 3.00 bits per heavy atom. The summed E-state index contributed by atoms with van der Waals surface area (Å²) in [5, 5.41) is 11.6. The molecular formula is C14H15N3O3S2. The average Bonchev–Trinajstić information content (AvgIpc) is 3.12. The van der Waals surface area contributed by atoms with E-state index in [1.807, 2.05) is 32.0 Å². The highest BCUT2D eigenvalue weighted by atomic mass is 32.2. The molecule has 0 fully saturated rings. The Bertz CT molecular complexity index is 690. The largest absolute Gasteiger partial charge is 0.454 e. The number of ether oxygens (including phenoxy) is 2. The summed E-state index contributed by atoms with van der Waals surface area (Å²) < 4.78 is 11.4. The van der Waals surface area contributed by atoms with Crippen LogP contribution >= 0.6 is 23.1 Å². The van der Waals surface area contributed by atoms with Crippen molar-refractivity contribution in [2.45, 2.75) is 30.0 Å². The van der Waals surface area contributed by atoms with Gasteiger partial charge in [-0.3, -0.25) is 4.79 Å². The Hall–Kier alpha value is -1.80. The first-order valence-corrected chi connectivity index (χ1v) is 8.44. The Kier molecular flexibility index (Phi) is 4.49. The molecule has 1 amide bonds. The first-order valence-electron chi connectivity index (χ1n) is 6.75. The Balaban J connectivity index is 1.53. The number of carbonyl (C=O) groups is 1. The summed E-state index contributed by atoms with van der Waals surface area (Å²) in [5.41, 5.74) is 0.974. The highest BCUT2D eigenvalue weighted by Crippen LogP contribution is 2.32. The van der Waals surface area contributed by atoms with Gasteiger partial charge in [0.2, 0.25) is 12.7 Å². The second kappa shape index (κ2) is 6.53. The van der Waals surface area contributed by atoms with Crippen LogP contribution in [0.4, 0.5) is 0 Å². The number of hydrogen-bond donors (Lipinski definition) is 1. The van der Waals surface area contributed by atoms with Gasteiger partial charge in [-0.1, -0.05) is 29.2 Å². The van der Waals surface area contributed by atoms with Gasteiger partial charge in [0.25, 0.3) is 0 Å². The van der Waals surface area contributed by atoms with E-state index in [4.69, 9.17) is 9.47 Å². The van der Waals surface area contributed by atoms with Crippen LogP contribution in [-0.4, -0.2) is 28.1 Å². The van der Waals surface area contributed by atoms with Crippen molar-refractivity contribution in [1.82, 2.24) is 15.5 Å². The lowest BCUT2D eigenvalue weighted by molar-refractivity contribution is -0.120. The molecule has 0 bridgehead atoms. The van der Waals surface area contributed by atoms with E-state index in [0.29, 0.717) is 6.54 Å². The van der Waals surface area contributed by atoms with Crippen molar-refractivity contribution in [2.24, 2.45) is 0 Å². The molecule has 0 unspecified atom stereocenters. The van der Waals surface area contributed by atoms with Gasteiger partial charge >= 0.3 is 0 Å². The van der Waals surface area contributed by atoms with Gasteiger partial charge in [0.05, 0.1) is 5.25 Å². The third-order valence-electron chi connectivity index (χ3n) is 3.06. The van der Waals surface area contributed by atoms with Gasteiger partial charge in [0, 0.05) is 6.54 Å². The topological polar surface area (TPSA) is 73.3 Å². The second-order valence-corrected chi connectivity index (χ2v) is 7.52. The predicted octanol–water partition coefficient (Wildman–Crippen LogP) is 2.37. The molecule has 116 valence electrons. The Labute approximate surface area is 136 Å². The fourth-order valence-corrected chi connectivity index (χ4v) is 3.90. The number of nitrogens with one attached hydrogen (secondary N) is 1. The first kappa shape index (κ1) is 15.1. The van der Waals surface area contributed by atoms with Crippen molar-refractivity contribution in [3.05, 3.63) is 28.8 Å². The zero-order chi connectivity index (χ0) is 15.5. The van der Waals surface area contributed by atoms with Crippen molar-refractivity contribution < 1.29 is 14.3 Å². The minimum atomic E-state index is -0.221. The van der Waals surface area contributed by atoms with Crippen molar-refractivity contribution >= 4 is 29.0 Å². The Morgan fingerprint density at radius 2 is 2.23 bits per heavy atom. The summed E-state index contributed by atoms with van der Waals surface area (Å²) >= 11 is 2.91. The number of benzene rings is 1. The number of hydrogen-bond acceptors (Lipinski definition) is 7. The summed E-state index contributed by atoms with van der Waals surface area (Å²) in [6.07, 6.45) is 0. The molecule has 1 aromatic carbocycles. The van der Waals surface area contributed by atoms with Crippen LogP contribution in [0, 0.1) is 6.92 Å². The lowest BCUT2D eigenvalue weighted by atomic mass is 10.2. The molecule has 8 heteroatoms. The molecule has 6 nitrogen and oxygen atoms in total. The minimum absolute atomic E-state index is 0.0319. The van der Waals surface area contributed by atoms with Gasteiger partial charge < -0.3 is 14.8 Å². The van der Waals surface area contributed by atoms with Gasteiger partial charge in [0.15, 0.2) is 15.8 Å². The molecule has 0 saturated heterocycles. The molecule has 0 saturated carbocycles. The van der Waals surface area contributed by atoms with Gasteiger partial charge in [-0.2, -0.15) is 0 Å². The number of carbonyl (C=O) groups excluding carboxylic acids is 1. The maximum atomic E-state index is 12.1. The molecule has 22 heavy (non-hydrogen) atoms. The molecule has 3 rings (SSSR count). The monoisotopic (exact) mass is 337 g/mol. The quantitative estimate of drug-likeness (QED) is 0.845. The molecule has 0 aliphatic carbocycles. The number of nitrogens with zero attached hydrogens (tertiary/aromatic N) is 2. The summed E-state index contributed by atoms with van der Waals surface area (Å²) in [5.74, 6) is 1.43. The van der Waals surface area contributed by atoms with Crippen LogP contribution in [0.2, 0.25) is 0 Å². The summed E-state index contributed by atoms with van der Waals surface area (Å²) in [6, 6.07) is 5.65. The number of aromatic nitrogens is 2. The van der Waals surface area contributed by atoms with Crippen LogP contribution in [0.25, 0.3) is 0 Å². The zero-order valence-electron chi connectivity index (χ0n) is 12.2. The lowest BCUT2D eigenvalue weighted by Crippen LogP contribution is -2.30. The van der Waals surface area contributed by atoms with E-state index in [0.717, 1.165) is 26.4 Å². The van der Waals surface area contributed by atoms with E-state index in [-0.39, 0.29) is 18.0 Å². The van der Waals surface area contributed by atoms with Gasteiger partial charge in [-0.05, 0) is 31.5 Å². The van der Waals surface area contributed by atoms with E-state index in [1.165, 1.54) is 23.1 Å². The molecule has 2 heterocycles. The number of aryl methyl sites for hydroxylation is 1. The summed E-state index contributed by atoms with van der Waals surface area (Å²) in [4.78, 5) is 12.1. The van der Waals surface area contributed by atoms with Gasteiger partial charge in [0.1, 0.15) is 5.01 Å². The summed E-state index contributed by atoms with van der Waals surface area (Å²) in [6.45, 7) is 4.46. The molecule has 1 N–H and O–H groups in total. The van der Waals surface area contributed by atoms with Gasteiger partial charge in [-0.15, -0.1) is 10.2 Å². The van der Waals surface area contributed by atoms with Crippen molar-refractivity contribution in [3.8, 4) is 11.5 Å². The molecule has 1 aromatic heterocycles. The fourth-order valence-electron chi connectivity index (χ4n) is 1.91. The SMILES string of the molecule is Cc1nnc(S[C@@H](C)C(=O)NCc2ccc3c(c2)OCO3)s1. The van der Waals surface area contributed by atoms with Crippen molar-refractivity contribution in [3.63, 3.8) is 0 Å². The van der Waals surface area contributed by atoms with Crippen LogP contribution in [0.5, 0.6) is 11.5 Å². The normalized spacial score (nSPS) is 13.9. The molecule has 0 radical (unpaired) electrons. The number of rotatable bonds is 5. The lowest BCUT2D eigenvalue weighted by Gasteiger charge is -2.10. The van der Waals surface area contributed by atoms with Crippen LogP contribution in [-0.2, 0) is 11.3 Å². The van der Waals surface area contributed by atoms with Crippen molar-refractivity contribution in [1.29, 1.82) is 0 Å². The maximum Gasteiger partial charge on any atom is 0.233 e. The molecule has 1 atom stereocenters. The minimum Gasteiger partial charge on any atom is -0.454 e. The highest BCUT2D eigenvalue weighted by Gasteiger charge is 2.17. The Morgan fingerprint density at radius 1 is 1.41 bits per heavy atom. The summed E-state index contributed by atoms with van der Waals surface area (Å²) in [7, 11) is 0. The van der Waals surface area contributed by atoms with E-state index in [2.05, 4.69) is 15.5 Å². The zero-order valence-corrected chi connectivity index (χ0v) is 13.8. The van der Waals surface area contributed by atoms with Crippen LogP contribution in [0.3, 0.4) is 0 Å². The van der Waals surface area contributed by atoms with E-state index in [9.17, 15) is 4.79 Å². The number of fused-ring (bicyclic) bond motifs is 1. The molecular weight excluding hydrogens is 322 g/mol. The van der Waals surface area contributed by atoms with Crippen LogP contribution in [0.1, 0.15) is 17.5 Å². The third kappa shape index (κ3) is 3.50. The van der Waals surface area contributed by atoms with Gasteiger partial charge in [-0.25, -0.2) is 0 Å². The highest BCUT2D eigenvalue weighted by molar-refractivity contribution is 8.02. The molecule has 0 spiro atoms. The molecule has 1 aliphatic heterocycles. The van der Waals surface area contributed by atoms with E-state index in [1.54, 1.807) is 0 Å². The van der Waals surface area contributed by atoms with E-state index >= 15 is 0 Å². The third-order valence-corrected chi connectivity index (χ3v) is 5.08. The standard InChI is InChI=1S/C14H15N3O3S2/c1-8(21-14-17-16-9(2)22-14)13(18)15-6-10-3-4-11-12(5-10)20-7-19-11/h3-5,8H,6-7H2,1-2H3,(H,15,18)/t8-/m0/s1. The maximum absolute atomic E-state index is 12.1. The number of amides is 1. The first-order chi connectivity index (χ1) is 10.6. The number of thioether (sulfide) groups is 1. The molecule has 1 aliphatic rings. The average molecular weight is 337 g/mol. The fraction of sp³-hybridized carbons (Fsp3) is 0.357. The molecule has 2 aromatic rings. The van der Waals surface area contributed by atoms with E-state index < -0.39 is 0 Å². The van der Waals surface area contributed by atoms with Crippen molar-refractivity contribution in [2.75, 3.05) is 6.79 Å². The van der Waals surface area contributed by atoms with Crippen LogP contribution in [0.15, 0.2) is 22.5 Å².